The Hall–Kier alpha value is -0.870. The van der Waals surface area contributed by atoms with E-state index in [2.05, 4.69) is 10.6 Å². The molecular formula is C9H14N2OS. The Bertz CT molecular complexity index is 259. The maximum atomic E-state index is 11.3. The predicted octanol–water partition coefficient (Wildman–Crippen LogP) is 0.625. The van der Waals surface area contributed by atoms with Crippen LogP contribution >= 0.6 is 11.3 Å². The van der Waals surface area contributed by atoms with E-state index in [0.29, 0.717) is 0 Å². The minimum absolute atomic E-state index is 0.0379. The van der Waals surface area contributed by atoms with Crippen molar-refractivity contribution in [1.82, 2.24) is 10.6 Å². The summed E-state index contributed by atoms with van der Waals surface area (Å²) in [7, 11) is 3.45. The fourth-order valence-corrected chi connectivity index (χ4v) is 1.88. The van der Waals surface area contributed by atoms with Crippen LogP contribution in [-0.4, -0.2) is 26.0 Å². The van der Waals surface area contributed by atoms with Gasteiger partial charge in [0.1, 0.15) is 0 Å². The van der Waals surface area contributed by atoms with Crippen LogP contribution in [0, 0.1) is 0 Å². The van der Waals surface area contributed by atoms with Crippen molar-refractivity contribution >= 4 is 17.2 Å². The average molecular weight is 198 g/mol. The number of hydrogen-bond acceptors (Lipinski definition) is 3. The highest BCUT2D eigenvalue weighted by Gasteiger charge is 2.15. The van der Waals surface area contributed by atoms with E-state index < -0.39 is 0 Å². The van der Waals surface area contributed by atoms with Crippen molar-refractivity contribution in [3.8, 4) is 0 Å². The van der Waals surface area contributed by atoms with E-state index in [0.717, 1.165) is 6.42 Å². The van der Waals surface area contributed by atoms with Gasteiger partial charge in [-0.2, -0.15) is 0 Å². The van der Waals surface area contributed by atoms with E-state index in [9.17, 15) is 4.79 Å². The van der Waals surface area contributed by atoms with E-state index in [1.807, 2.05) is 17.5 Å². The predicted molar refractivity (Wildman–Crippen MR) is 54.9 cm³/mol. The molecule has 0 aliphatic heterocycles. The molecule has 0 fully saturated rings. The van der Waals surface area contributed by atoms with Crippen LogP contribution in [0.3, 0.4) is 0 Å². The first-order chi connectivity index (χ1) is 6.27. The van der Waals surface area contributed by atoms with Crippen LogP contribution in [0.5, 0.6) is 0 Å². The lowest BCUT2D eigenvalue weighted by atomic mass is 10.1. The first kappa shape index (κ1) is 10.2. The molecule has 0 saturated heterocycles. The van der Waals surface area contributed by atoms with Crippen molar-refractivity contribution in [3.63, 3.8) is 0 Å². The second-order valence-electron chi connectivity index (χ2n) is 2.74. The Morgan fingerprint density at radius 3 is 2.85 bits per heavy atom. The van der Waals surface area contributed by atoms with Crippen LogP contribution in [0.15, 0.2) is 17.5 Å². The maximum Gasteiger partial charge on any atom is 0.237 e. The summed E-state index contributed by atoms with van der Waals surface area (Å²) in [5.74, 6) is 0.0379. The number of carbonyl (C=O) groups excluding carboxylic acids is 1. The lowest BCUT2D eigenvalue weighted by Crippen LogP contribution is -2.42. The molecule has 1 rings (SSSR count). The lowest BCUT2D eigenvalue weighted by molar-refractivity contribution is -0.122. The molecule has 1 heterocycles. The monoisotopic (exact) mass is 198 g/mol. The van der Waals surface area contributed by atoms with Gasteiger partial charge in [0, 0.05) is 18.3 Å². The third kappa shape index (κ3) is 2.82. The van der Waals surface area contributed by atoms with E-state index in [1.54, 1.807) is 25.4 Å². The molecule has 0 unspecified atom stereocenters. The molecule has 1 amide bonds. The molecule has 0 bridgehead atoms. The molecule has 13 heavy (non-hydrogen) atoms. The molecule has 0 aromatic carbocycles. The summed E-state index contributed by atoms with van der Waals surface area (Å²) in [5.41, 5.74) is 0. The largest absolute Gasteiger partial charge is 0.358 e. The van der Waals surface area contributed by atoms with Gasteiger partial charge in [0.25, 0.3) is 0 Å². The number of nitrogens with one attached hydrogen (secondary N) is 2. The van der Waals surface area contributed by atoms with Gasteiger partial charge in [-0.15, -0.1) is 11.3 Å². The van der Waals surface area contributed by atoms with Gasteiger partial charge >= 0.3 is 0 Å². The fourth-order valence-electron chi connectivity index (χ4n) is 1.13. The minimum Gasteiger partial charge on any atom is -0.358 e. The number of amides is 1. The van der Waals surface area contributed by atoms with Crippen LogP contribution in [-0.2, 0) is 11.2 Å². The maximum absolute atomic E-state index is 11.3. The zero-order chi connectivity index (χ0) is 9.68. The van der Waals surface area contributed by atoms with Gasteiger partial charge in [0.05, 0.1) is 6.04 Å². The first-order valence-corrected chi connectivity index (χ1v) is 5.07. The second kappa shape index (κ2) is 4.99. The SMILES string of the molecule is CNC(=O)[C@H](Cc1cccs1)NC. The van der Waals surface area contributed by atoms with Gasteiger partial charge in [-0.3, -0.25) is 4.79 Å². The standard InChI is InChI=1S/C9H14N2OS/c1-10-8(9(12)11-2)6-7-4-3-5-13-7/h3-5,8,10H,6H2,1-2H3,(H,11,12)/t8-/m0/s1. The molecule has 1 atom stereocenters. The van der Waals surface area contributed by atoms with Gasteiger partial charge < -0.3 is 10.6 Å². The van der Waals surface area contributed by atoms with E-state index in [-0.39, 0.29) is 11.9 Å². The minimum atomic E-state index is -0.122. The highest BCUT2D eigenvalue weighted by molar-refractivity contribution is 7.09. The Kier molecular flexibility index (Phi) is 3.92. The van der Waals surface area contributed by atoms with Crippen LogP contribution in [0.25, 0.3) is 0 Å². The van der Waals surface area contributed by atoms with Crippen LogP contribution in [0.4, 0.5) is 0 Å². The zero-order valence-electron chi connectivity index (χ0n) is 7.83. The smallest absolute Gasteiger partial charge is 0.237 e. The summed E-state index contributed by atoms with van der Waals surface area (Å²) < 4.78 is 0. The van der Waals surface area contributed by atoms with Gasteiger partial charge in [-0.1, -0.05) is 6.07 Å². The Morgan fingerprint density at radius 2 is 2.38 bits per heavy atom. The fraction of sp³-hybridized carbons (Fsp3) is 0.444. The van der Waals surface area contributed by atoms with E-state index >= 15 is 0 Å². The third-order valence-electron chi connectivity index (χ3n) is 1.90. The topological polar surface area (TPSA) is 41.1 Å². The summed E-state index contributed by atoms with van der Waals surface area (Å²) in [6.07, 6.45) is 0.758. The van der Waals surface area contributed by atoms with E-state index in [4.69, 9.17) is 0 Å². The normalized spacial score (nSPS) is 12.5. The number of hydrogen-bond donors (Lipinski definition) is 2. The molecule has 2 N–H and O–H groups in total. The molecule has 4 heteroatoms. The molecule has 1 aromatic heterocycles. The van der Waals surface area contributed by atoms with Gasteiger partial charge in [-0.25, -0.2) is 0 Å². The number of thiophene rings is 1. The molecule has 0 saturated carbocycles. The van der Waals surface area contributed by atoms with Gasteiger partial charge in [0.15, 0.2) is 0 Å². The van der Waals surface area contributed by atoms with E-state index in [1.165, 1.54) is 4.88 Å². The zero-order valence-corrected chi connectivity index (χ0v) is 8.65. The number of likely N-dealkylation sites (N-methyl/N-ethyl adjacent to an activating group) is 2. The summed E-state index contributed by atoms with van der Waals surface area (Å²) >= 11 is 1.67. The summed E-state index contributed by atoms with van der Waals surface area (Å²) in [6.45, 7) is 0. The molecule has 0 aliphatic carbocycles. The van der Waals surface area contributed by atoms with Crippen molar-refractivity contribution < 1.29 is 4.79 Å². The number of carbonyl (C=O) groups is 1. The molecular weight excluding hydrogens is 184 g/mol. The molecule has 72 valence electrons. The lowest BCUT2D eigenvalue weighted by Gasteiger charge is -2.12. The molecule has 3 nitrogen and oxygen atoms in total. The van der Waals surface area contributed by atoms with Crippen LogP contribution in [0.1, 0.15) is 4.88 Å². The van der Waals surface area contributed by atoms with Crippen molar-refractivity contribution in [2.24, 2.45) is 0 Å². The Morgan fingerprint density at radius 1 is 1.62 bits per heavy atom. The first-order valence-electron chi connectivity index (χ1n) is 4.19. The highest BCUT2D eigenvalue weighted by atomic mass is 32.1. The van der Waals surface area contributed by atoms with Gasteiger partial charge in [0.2, 0.25) is 5.91 Å². The quantitative estimate of drug-likeness (QED) is 0.745. The van der Waals surface area contributed by atoms with Crippen molar-refractivity contribution in [2.45, 2.75) is 12.5 Å². The van der Waals surface area contributed by atoms with Gasteiger partial charge in [-0.05, 0) is 18.5 Å². The summed E-state index contributed by atoms with van der Waals surface area (Å²) in [6, 6.07) is 3.91. The molecule has 0 radical (unpaired) electrons. The molecule has 0 spiro atoms. The Balaban J connectivity index is 2.54. The van der Waals surface area contributed by atoms with Crippen LogP contribution in [0.2, 0.25) is 0 Å². The Labute approximate surface area is 82.2 Å². The average Bonchev–Trinajstić information content (AvgIpc) is 2.65. The molecule has 1 aromatic rings. The van der Waals surface area contributed by atoms with Crippen molar-refractivity contribution in [1.29, 1.82) is 0 Å². The van der Waals surface area contributed by atoms with Crippen LogP contribution < -0.4 is 10.6 Å². The number of rotatable bonds is 4. The third-order valence-corrected chi connectivity index (χ3v) is 2.80. The highest BCUT2D eigenvalue weighted by Crippen LogP contribution is 2.10. The van der Waals surface area contributed by atoms with Crippen molar-refractivity contribution in [3.05, 3.63) is 22.4 Å². The summed E-state index contributed by atoms with van der Waals surface area (Å²) in [4.78, 5) is 12.5. The molecule has 0 aliphatic rings. The van der Waals surface area contributed by atoms with Crippen molar-refractivity contribution in [2.75, 3.05) is 14.1 Å². The second-order valence-corrected chi connectivity index (χ2v) is 3.77. The summed E-state index contributed by atoms with van der Waals surface area (Å²) in [5, 5.41) is 7.64.